The molecule has 0 atom stereocenters. The summed E-state index contributed by atoms with van der Waals surface area (Å²) >= 11 is 10.7. The number of rotatable bonds is 3. The van der Waals surface area contributed by atoms with Crippen LogP contribution in [0.15, 0.2) is 28.1 Å². The molecule has 6 heteroatoms. The van der Waals surface area contributed by atoms with E-state index in [9.17, 15) is 0 Å². The zero-order valence-corrected chi connectivity index (χ0v) is 12.9. The summed E-state index contributed by atoms with van der Waals surface area (Å²) < 4.78 is 6.32. The molecule has 0 saturated carbocycles. The second kappa shape index (κ2) is 6.59. The molecular formula is C11H10BrCl2NOS. The molecule has 92 valence electrons. The van der Waals surface area contributed by atoms with Crippen LogP contribution in [-0.4, -0.2) is 12.1 Å². The second-order valence-corrected chi connectivity index (χ2v) is 5.16. The van der Waals surface area contributed by atoms with Crippen molar-refractivity contribution in [3.8, 4) is 16.3 Å². The summed E-state index contributed by atoms with van der Waals surface area (Å²) in [5, 5.41) is 2.89. The quantitative estimate of drug-likeness (QED) is 0.742. The number of thiazole rings is 1. The van der Waals surface area contributed by atoms with Gasteiger partial charge in [-0.2, -0.15) is 0 Å². The van der Waals surface area contributed by atoms with E-state index >= 15 is 0 Å². The molecule has 2 nitrogen and oxygen atoms in total. The molecule has 0 bridgehead atoms. The van der Waals surface area contributed by atoms with Gasteiger partial charge in [0.15, 0.2) is 0 Å². The lowest BCUT2D eigenvalue weighted by Gasteiger charge is -2.05. The Hall–Kier alpha value is -0.290. The van der Waals surface area contributed by atoms with Gasteiger partial charge in [-0.25, -0.2) is 4.98 Å². The molecule has 17 heavy (non-hydrogen) atoms. The van der Waals surface area contributed by atoms with E-state index in [4.69, 9.17) is 16.3 Å². The van der Waals surface area contributed by atoms with E-state index in [0.29, 0.717) is 5.88 Å². The monoisotopic (exact) mass is 353 g/mol. The van der Waals surface area contributed by atoms with E-state index in [2.05, 4.69) is 20.9 Å². The Morgan fingerprint density at radius 3 is 2.82 bits per heavy atom. The SMILES string of the molecule is COc1ccc(Br)cc1-c1nc(CCl)cs1.Cl. The first-order valence-corrected chi connectivity index (χ1v) is 6.79. The second-order valence-electron chi connectivity index (χ2n) is 3.12. The first-order chi connectivity index (χ1) is 7.74. The van der Waals surface area contributed by atoms with Gasteiger partial charge in [0.2, 0.25) is 0 Å². The molecule has 0 aliphatic heterocycles. The van der Waals surface area contributed by atoms with Crippen molar-refractivity contribution in [3.05, 3.63) is 33.7 Å². The van der Waals surface area contributed by atoms with Gasteiger partial charge in [-0.15, -0.1) is 35.3 Å². The minimum absolute atomic E-state index is 0. The summed E-state index contributed by atoms with van der Waals surface area (Å²) in [5.41, 5.74) is 1.88. The predicted octanol–water partition coefficient (Wildman–Crippen LogP) is 4.74. The maximum Gasteiger partial charge on any atom is 0.129 e. The van der Waals surface area contributed by atoms with Crippen LogP contribution in [-0.2, 0) is 5.88 Å². The van der Waals surface area contributed by atoms with Crippen LogP contribution in [0, 0.1) is 0 Å². The fraction of sp³-hybridized carbons (Fsp3) is 0.182. The highest BCUT2D eigenvalue weighted by molar-refractivity contribution is 9.10. The van der Waals surface area contributed by atoms with Crippen molar-refractivity contribution < 1.29 is 4.74 Å². The van der Waals surface area contributed by atoms with Gasteiger partial charge in [0.1, 0.15) is 10.8 Å². The van der Waals surface area contributed by atoms with Crippen LogP contribution < -0.4 is 4.74 Å². The van der Waals surface area contributed by atoms with E-state index < -0.39 is 0 Å². The molecule has 0 aliphatic carbocycles. The molecule has 0 saturated heterocycles. The Morgan fingerprint density at radius 1 is 1.47 bits per heavy atom. The average Bonchev–Trinajstić information content (AvgIpc) is 2.77. The molecule has 0 unspecified atom stereocenters. The van der Waals surface area contributed by atoms with Crippen molar-refractivity contribution in [2.24, 2.45) is 0 Å². The highest BCUT2D eigenvalue weighted by Gasteiger charge is 2.10. The number of benzene rings is 1. The van der Waals surface area contributed by atoms with Gasteiger partial charge in [-0.3, -0.25) is 0 Å². The smallest absolute Gasteiger partial charge is 0.129 e. The van der Waals surface area contributed by atoms with Crippen LogP contribution in [0.3, 0.4) is 0 Å². The molecule has 0 N–H and O–H groups in total. The lowest BCUT2D eigenvalue weighted by Crippen LogP contribution is -1.88. The van der Waals surface area contributed by atoms with Crippen LogP contribution in [0.1, 0.15) is 5.69 Å². The first kappa shape index (κ1) is 14.8. The third-order valence-electron chi connectivity index (χ3n) is 2.08. The summed E-state index contributed by atoms with van der Waals surface area (Å²) in [5.74, 6) is 1.26. The lowest BCUT2D eigenvalue weighted by molar-refractivity contribution is 0.416. The summed E-state index contributed by atoms with van der Waals surface area (Å²) in [4.78, 5) is 4.43. The number of alkyl halides is 1. The maximum absolute atomic E-state index is 5.74. The fourth-order valence-corrected chi connectivity index (χ4v) is 2.77. The number of nitrogens with zero attached hydrogens (tertiary/aromatic N) is 1. The molecule has 1 aromatic heterocycles. The summed E-state index contributed by atoms with van der Waals surface area (Å²) in [7, 11) is 1.66. The van der Waals surface area contributed by atoms with Crippen molar-refractivity contribution in [3.63, 3.8) is 0 Å². The molecule has 1 heterocycles. The molecule has 0 aliphatic rings. The number of hydrogen-bond donors (Lipinski definition) is 0. The van der Waals surface area contributed by atoms with Crippen molar-refractivity contribution in [1.82, 2.24) is 4.98 Å². The molecule has 0 fully saturated rings. The van der Waals surface area contributed by atoms with E-state index in [1.54, 1.807) is 18.4 Å². The first-order valence-electron chi connectivity index (χ1n) is 4.59. The van der Waals surface area contributed by atoms with Crippen LogP contribution in [0.25, 0.3) is 10.6 Å². The predicted molar refractivity (Wildman–Crippen MR) is 78.6 cm³/mol. The summed E-state index contributed by atoms with van der Waals surface area (Å²) in [6.07, 6.45) is 0. The molecule has 0 radical (unpaired) electrons. The lowest BCUT2D eigenvalue weighted by atomic mass is 10.2. The molecule has 1 aromatic carbocycles. The Balaban J connectivity index is 0.00000144. The number of methoxy groups -OCH3 is 1. The van der Waals surface area contributed by atoms with Gasteiger partial charge >= 0.3 is 0 Å². The summed E-state index contributed by atoms with van der Waals surface area (Å²) in [6.45, 7) is 0. The number of ether oxygens (including phenoxy) is 1. The van der Waals surface area contributed by atoms with E-state index in [1.165, 1.54) is 0 Å². The topological polar surface area (TPSA) is 22.1 Å². The number of halogens is 3. The Labute approximate surface area is 124 Å². The third-order valence-corrected chi connectivity index (χ3v) is 3.77. The molecular weight excluding hydrogens is 345 g/mol. The van der Waals surface area contributed by atoms with Gasteiger partial charge in [-0.1, -0.05) is 15.9 Å². The minimum atomic E-state index is 0. The van der Waals surface area contributed by atoms with Crippen molar-refractivity contribution in [1.29, 1.82) is 0 Å². The molecule has 2 rings (SSSR count). The zero-order chi connectivity index (χ0) is 11.5. The average molecular weight is 355 g/mol. The van der Waals surface area contributed by atoms with Gasteiger partial charge in [-0.05, 0) is 18.2 Å². The Kier molecular flexibility index (Phi) is 5.73. The molecule has 2 aromatic rings. The van der Waals surface area contributed by atoms with E-state index in [0.717, 1.165) is 26.5 Å². The fourth-order valence-electron chi connectivity index (χ4n) is 1.34. The Morgan fingerprint density at radius 2 is 2.24 bits per heavy atom. The highest BCUT2D eigenvalue weighted by Crippen LogP contribution is 2.34. The highest BCUT2D eigenvalue weighted by atomic mass is 79.9. The van der Waals surface area contributed by atoms with Gasteiger partial charge < -0.3 is 4.74 Å². The normalized spacial score (nSPS) is 9.82. The van der Waals surface area contributed by atoms with Crippen LogP contribution in [0.4, 0.5) is 0 Å². The van der Waals surface area contributed by atoms with Crippen molar-refractivity contribution in [2.75, 3.05) is 7.11 Å². The van der Waals surface area contributed by atoms with Crippen molar-refractivity contribution in [2.45, 2.75) is 5.88 Å². The van der Waals surface area contributed by atoms with Crippen molar-refractivity contribution >= 4 is 51.3 Å². The molecule has 0 amide bonds. The van der Waals surface area contributed by atoms with Gasteiger partial charge in [0.05, 0.1) is 24.2 Å². The zero-order valence-electron chi connectivity index (χ0n) is 8.94. The van der Waals surface area contributed by atoms with E-state index in [1.807, 2.05) is 23.6 Å². The van der Waals surface area contributed by atoms with E-state index in [-0.39, 0.29) is 12.4 Å². The van der Waals surface area contributed by atoms with Gasteiger partial charge in [0.25, 0.3) is 0 Å². The third kappa shape index (κ3) is 3.35. The number of hydrogen-bond acceptors (Lipinski definition) is 3. The standard InChI is InChI=1S/C11H9BrClNOS.ClH/c1-15-10-3-2-7(12)4-9(10)11-14-8(5-13)6-16-11;/h2-4,6H,5H2,1H3;1H. The maximum atomic E-state index is 5.74. The number of aromatic nitrogens is 1. The van der Waals surface area contributed by atoms with Crippen LogP contribution >= 0.6 is 51.3 Å². The van der Waals surface area contributed by atoms with Gasteiger partial charge in [0, 0.05) is 9.85 Å². The summed E-state index contributed by atoms with van der Waals surface area (Å²) in [6, 6.07) is 5.86. The molecule has 0 spiro atoms. The van der Waals surface area contributed by atoms with Crippen LogP contribution in [0.2, 0.25) is 0 Å². The minimum Gasteiger partial charge on any atom is -0.496 e. The largest absolute Gasteiger partial charge is 0.496 e. The Bertz CT molecular complexity index is 504. The van der Waals surface area contributed by atoms with Crippen LogP contribution in [0.5, 0.6) is 5.75 Å².